The standard InChI is InChI=1S/C15H22N2O2S/c1-11(2)15(4,5)10-17-20(18,19)14-7-6-13(9-16)8-12(14)3/h6-8,11,17H,10H2,1-5H3. The molecule has 0 aromatic heterocycles. The summed E-state index contributed by atoms with van der Waals surface area (Å²) in [4.78, 5) is 0.232. The molecule has 0 saturated carbocycles. The summed E-state index contributed by atoms with van der Waals surface area (Å²) in [7, 11) is -3.54. The monoisotopic (exact) mass is 294 g/mol. The Balaban J connectivity index is 2.99. The van der Waals surface area contributed by atoms with Crippen LogP contribution in [0.4, 0.5) is 0 Å². The fourth-order valence-electron chi connectivity index (χ4n) is 1.58. The van der Waals surface area contributed by atoms with Crippen LogP contribution in [-0.2, 0) is 10.0 Å². The molecule has 1 N–H and O–H groups in total. The topological polar surface area (TPSA) is 70.0 Å². The quantitative estimate of drug-likeness (QED) is 0.907. The average molecular weight is 294 g/mol. The summed E-state index contributed by atoms with van der Waals surface area (Å²) in [6.45, 7) is 10.3. The molecule has 0 aliphatic heterocycles. The van der Waals surface area contributed by atoms with Gasteiger partial charge in [0, 0.05) is 6.54 Å². The van der Waals surface area contributed by atoms with Crippen LogP contribution < -0.4 is 4.72 Å². The van der Waals surface area contributed by atoms with Crippen molar-refractivity contribution < 1.29 is 8.42 Å². The smallest absolute Gasteiger partial charge is 0.211 e. The van der Waals surface area contributed by atoms with Crippen molar-refractivity contribution in [2.75, 3.05) is 6.54 Å². The van der Waals surface area contributed by atoms with Gasteiger partial charge >= 0.3 is 0 Å². The van der Waals surface area contributed by atoms with Gasteiger partial charge in [-0.2, -0.15) is 5.26 Å². The highest BCUT2D eigenvalue weighted by atomic mass is 32.2. The minimum absolute atomic E-state index is 0.117. The van der Waals surface area contributed by atoms with E-state index in [0.717, 1.165) is 0 Å². The second-order valence-electron chi connectivity index (χ2n) is 6.06. The van der Waals surface area contributed by atoms with E-state index in [2.05, 4.69) is 18.6 Å². The van der Waals surface area contributed by atoms with Crippen molar-refractivity contribution in [1.82, 2.24) is 4.72 Å². The second-order valence-corrected chi connectivity index (χ2v) is 7.80. The fraction of sp³-hybridized carbons (Fsp3) is 0.533. The van der Waals surface area contributed by atoms with Crippen molar-refractivity contribution in [3.8, 4) is 6.07 Å². The lowest BCUT2D eigenvalue weighted by Crippen LogP contribution is -2.37. The molecule has 0 aliphatic rings. The van der Waals surface area contributed by atoms with Crippen LogP contribution >= 0.6 is 0 Å². The molecular weight excluding hydrogens is 272 g/mol. The predicted octanol–water partition coefficient (Wildman–Crippen LogP) is 2.83. The van der Waals surface area contributed by atoms with Gasteiger partial charge in [0.25, 0.3) is 0 Å². The third-order valence-electron chi connectivity index (χ3n) is 3.87. The minimum atomic E-state index is -3.54. The Morgan fingerprint density at radius 2 is 1.95 bits per heavy atom. The molecule has 20 heavy (non-hydrogen) atoms. The van der Waals surface area contributed by atoms with E-state index < -0.39 is 10.0 Å². The minimum Gasteiger partial charge on any atom is -0.211 e. The first-order chi connectivity index (χ1) is 9.10. The zero-order chi connectivity index (χ0) is 15.6. The summed E-state index contributed by atoms with van der Waals surface area (Å²) >= 11 is 0. The van der Waals surface area contributed by atoms with Gasteiger partial charge in [-0.1, -0.05) is 27.7 Å². The molecule has 0 fully saturated rings. The van der Waals surface area contributed by atoms with Gasteiger partial charge in [-0.05, 0) is 42.0 Å². The van der Waals surface area contributed by atoms with Crippen molar-refractivity contribution in [3.05, 3.63) is 29.3 Å². The van der Waals surface area contributed by atoms with Gasteiger partial charge in [0.1, 0.15) is 0 Å². The van der Waals surface area contributed by atoms with Crippen LogP contribution in [0.3, 0.4) is 0 Å². The van der Waals surface area contributed by atoms with E-state index in [4.69, 9.17) is 5.26 Å². The molecule has 5 heteroatoms. The molecule has 4 nitrogen and oxygen atoms in total. The van der Waals surface area contributed by atoms with Gasteiger partial charge < -0.3 is 0 Å². The molecule has 0 radical (unpaired) electrons. The molecule has 110 valence electrons. The summed E-state index contributed by atoms with van der Waals surface area (Å²) < 4.78 is 27.3. The normalized spacial score (nSPS) is 12.4. The van der Waals surface area contributed by atoms with Crippen LogP contribution in [0.1, 0.15) is 38.8 Å². The van der Waals surface area contributed by atoms with Crippen molar-refractivity contribution in [3.63, 3.8) is 0 Å². The Morgan fingerprint density at radius 1 is 1.35 bits per heavy atom. The van der Waals surface area contributed by atoms with Crippen LogP contribution in [0.15, 0.2) is 23.1 Å². The Kier molecular flexibility index (Phi) is 4.95. The maximum Gasteiger partial charge on any atom is 0.240 e. The van der Waals surface area contributed by atoms with Gasteiger partial charge in [0.2, 0.25) is 10.0 Å². The number of nitriles is 1. The average Bonchev–Trinajstić information content (AvgIpc) is 2.36. The lowest BCUT2D eigenvalue weighted by molar-refractivity contribution is 0.252. The van der Waals surface area contributed by atoms with E-state index >= 15 is 0 Å². The summed E-state index contributed by atoms with van der Waals surface area (Å²) in [5.74, 6) is 0.368. The number of hydrogen-bond donors (Lipinski definition) is 1. The largest absolute Gasteiger partial charge is 0.240 e. The van der Waals surface area contributed by atoms with Crippen molar-refractivity contribution >= 4 is 10.0 Å². The summed E-state index contributed by atoms with van der Waals surface area (Å²) in [5.41, 5.74) is 0.927. The third-order valence-corrected chi connectivity index (χ3v) is 5.44. The zero-order valence-corrected chi connectivity index (χ0v) is 13.5. The highest BCUT2D eigenvalue weighted by Crippen LogP contribution is 2.26. The van der Waals surface area contributed by atoms with Crippen molar-refractivity contribution in [2.24, 2.45) is 11.3 Å². The number of aryl methyl sites for hydroxylation is 1. The molecule has 0 amide bonds. The SMILES string of the molecule is Cc1cc(C#N)ccc1S(=O)(=O)NCC(C)(C)C(C)C. The van der Waals surface area contributed by atoms with Crippen LogP contribution in [0.5, 0.6) is 0 Å². The number of rotatable bonds is 5. The highest BCUT2D eigenvalue weighted by Gasteiger charge is 2.26. The molecule has 0 spiro atoms. The van der Waals surface area contributed by atoms with E-state index in [-0.39, 0.29) is 10.3 Å². The van der Waals surface area contributed by atoms with Gasteiger partial charge in [0.15, 0.2) is 0 Å². The number of sulfonamides is 1. The van der Waals surface area contributed by atoms with Crippen LogP contribution in [0, 0.1) is 29.6 Å². The molecule has 0 bridgehead atoms. The first-order valence-electron chi connectivity index (χ1n) is 6.60. The first-order valence-corrected chi connectivity index (χ1v) is 8.09. The molecular formula is C15H22N2O2S. The number of nitrogens with one attached hydrogen (secondary N) is 1. The van der Waals surface area contributed by atoms with Gasteiger partial charge in [-0.15, -0.1) is 0 Å². The molecule has 1 aromatic carbocycles. The highest BCUT2D eigenvalue weighted by molar-refractivity contribution is 7.89. The summed E-state index contributed by atoms with van der Waals surface area (Å²) in [6, 6.07) is 6.60. The van der Waals surface area contributed by atoms with Crippen molar-refractivity contribution in [2.45, 2.75) is 39.5 Å². The zero-order valence-electron chi connectivity index (χ0n) is 12.7. The molecule has 0 aliphatic carbocycles. The molecule has 1 rings (SSSR count). The maximum atomic E-state index is 12.3. The van der Waals surface area contributed by atoms with E-state index in [9.17, 15) is 8.42 Å². The number of benzene rings is 1. The van der Waals surface area contributed by atoms with Gasteiger partial charge in [-0.3, -0.25) is 0 Å². The van der Waals surface area contributed by atoms with Gasteiger partial charge in [0.05, 0.1) is 16.5 Å². The fourth-order valence-corrected chi connectivity index (χ4v) is 3.03. The molecule has 0 heterocycles. The molecule has 0 unspecified atom stereocenters. The van der Waals surface area contributed by atoms with Gasteiger partial charge in [-0.25, -0.2) is 13.1 Å². The lowest BCUT2D eigenvalue weighted by Gasteiger charge is -2.29. The molecule has 0 saturated heterocycles. The summed E-state index contributed by atoms with van der Waals surface area (Å²) in [5, 5.41) is 8.81. The van der Waals surface area contributed by atoms with Crippen LogP contribution in [-0.4, -0.2) is 15.0 Å². The first kappa shape index (κ1) is 16.7. The maximum absolute atomic E-state index is 12.3. The Bertz CT molecular complexity index is 626. The third kappa shape index (κ3) is 3.81. The molecule has 1 aromatic rings. The number of nitrogens with zero attached hydrogens (tertiary/aromatic N) is 1. The van der Waals surface area contributed by atoms with Crippen LogP contribution in [0.25, 0.3) is 0 Å². The molecule has 0 atom stereocenters. The van der Waals surface area contributed by atoms with E-state index in [1.54, 1.807) is 13.0 Å². The number of hydrogen-bond acceptors (Lipinski definition) is 3. The van der Waals surface area contributed by atoms with Crippen molar-refractivity contribution in [1.29, 1.82) is 5.26 Å². The lowest BCUT2D eigenvalue weighted by atomic mass is 9.81. The van der Waals surface area contributed by atoms with E-state index in [1.807, 2.05) is 19.9 Å². The predicted molar refractivity (Wildman–Crippen MR) is 79.7 cm³/mol. The van der Waals surface area contributed by atoms with E-state index in [0.29, 0.717) is 23.6 Å². The summed E-state index contributed by atoms with van der Waals surface area (Å²) in [6.07, 6.45) is 0. The Hall–Kier alpha value is -1.38. The second kappa shape index (κ2) is 5.94. The Morgan fingerprint density at radius 3 is 2.40 bits per heavy atom. The Labute approximate surface area is 121 Å². The van der Waals surface area contributed by atoms with E-state index in [1.165, 1.54) is 12.1 Å². The van der Waals surface area contributed by atoms with Crippen LogP contribution in [0.2, 0.25) is 0 Å².